The molecule has 0 heterocycles. The Balaban J connectivity index is 2.51. The number of benzene rings is 1. The van der Waals surface area contributed by atoms with E-state index in [1.54, 1.807) is 0 Å². The Morgan fingerprint density at radius 1 is 1.44 bits per heavy atom. The molecule has 0 bridgehead atoms. The van der Waals surface area contributed by atoms with Gasteiger partial charge in [-0.25, -0.2) is 0 Å². The summed E-state index contributed by atoms with van der Waals surface area (Å²) in [5.74, 6) is 0.547. The molecule has 0 aliphatic carbocycles. The second-order valence-electron chi connectivity index (χ2n) is 3.82. The van der Waals surface area contributed by atoms with Crippen molar-refractivity contribution in [3.8, 4) is 5.75 Å². The minimum atomic E-state index is -0.123. The Hall–Kier alpha value is -1.55. The molecule has 1 aromatic carbocycles. The summed E-state index contributed by atoms with van der Waals surface area (Å²) in [6, 6.07) is 7.57. The van der Waals surface area contributed by atoms with E-state index in [4.69, 9.17) is 10.5 Å². The number of nitrogens with one attached hydrogen (secondary N) is 1. The third kappa shape index (κ3) is 3.90. The number of hydrogen-bond acceptors (Lipinski definition) is 3. The van der Waals surface area contributed by atoms with Gasteiger partial charge in [0.2, 0.25) is 0 Å². The van der Waals surface area contributed by atoms with E-state index in [9.17, 15) is 4.79 Å². The quantitative estimate of drug-likeness (QED) is 0.782. The first-order valence-electron chi connectivity index (χ1n) is 5.33. The highest BCUT2D eigenvalue weighted by Crippen LogP contribution is 2.16. The summed E-state index contributed by atoms with van der Waals surface area (Å²) >= 11 is 0. The molecule has 0 aromatic heterocycles. The zero-order valence-electron chi connectivity index (χ0n) is 9.69. The maximum Gasteiger partial charge on any atom is 0.258 e. The van der Waals surface area contributed by atoms with Gasteiger partial charge in [-0.1, -0.05) is 18.2 Å². The third-order valence-corrected chi connectivity index (χ3v) is 2.00. The smallest absolute Gasteiger partial charge is 0.258 e. The summed E-state index contributed by atoms with van der Waals surface area (Å²) in [5, 5.41) is 2.76. The van der Waals surface area contributed by atoms with Crippen LogP contribution in [0, 0.1) is 0 Å². The molecule has 1 amide bonds. The number of amides is 1. The topological polar surface area (TPSA) is 64.3 Å². The molecule has 0 spiro atoms. The van der Waals surface area contributed by atoms with Crippen molar-refractivity contribution >= 4 is 5.91 Å². The molecule has 16 heavy (non-hydrogen) atoms. The maximum atomic E-state index is 11.4. The van der Waals surface area contributed by atoms with E-state index >= 15 is 0 Å². The summed E-state index contributed by atoms with van der Waals surface area (Å²) in [7, 11) is 0. The van der Waals surface area contributed by atoms with Crippen LogP contribution in [0.3, 0.4) is 0 Å². The van der Waals surface area contributed by atoms with Crippen LogP contribution in [0.25, 0.3) is 0 Å². The number of carbonyl (C=O) groups is 1. The molecular formula is C12H18N2O2. The summed E-state index contributed by atoms with van der Waals surface area (Å²) in [5.41, 5.74) is 6.46. The molecule has 0 unspecified atom stereocenters. The van der Waals surface area contributed by atoms with E-state index in [-0.39, 0.29) is 18.6 Å². The van der Waals surface area contributed by atoms with Crippen LogP contribution in [0.1, 0.15) is 19.4 Å². The van der Waals surface area contributed by atoms with Crippen LogP contribution in [0.15, 0.2) is 24.3 Å². The van der Waals surface area contributed by atoms with Crippen molar-refractivity contribution in [3.05, 3.63) is 29.8 Å². The van der Waals surface area contributed by atoms with E-state index < -0.39 is 0 Å². The van der Waals surface area contributed by atoms with Crippen LogP contribution in [0.4, 0.5) is 0 Å². The van der Waals surface area contributed by atoms with Crippen LogP contribution in [0.5, 0.6) is 5.75 Å². The molecule has 1 rings (SSSR count). The predicted octanol–water partition coefficient (Wildman–Crippen LogP) is 1.05. The highest BCUT2D eigenvalue weighted by atomic mass is 16.5. The minimum Gasteiger partial charge on any atom is -0.483 e. The molecule has 0 aliphatic heterocycles. The van der Waals surface area contributed by atoms with Gasteiger partial charge >= 0.3 is 0 Å². The Bertz CT molecular complexity index is 351. The molecule has 0 saturated heterocycles. The fraction of sp³-hybridized carbons (Fsp3) is 0.417. The number of hydrogen-bond donors (Lipinski definition) is 2. The maximum absolute atomic E-state index is 11.4. The van der Waals surface area contributed by atoms with E-state index in [0.717, 1.165) is 5.56 Å². The van der Waals surface area contributed by atoms with E-state index in [1.165, 1.54) is 0 Å². The van der Waals surface area contributed by atoms with Gasteiger partial charge in [-0.3, -0.25) is 4.79 Å². The predicted molar refractivity (Wildman–Crippen MR) is 63.1 cm³/mol. The van der Waals surface area contributed by atoms with Gasteiger partial charge in [-0.2, -0.15) is 0 Å². The van der Waals surface area contributed by atoms with Gasteiger partial charge in [-0.05, 0) is 19.9 Å². The highest BCUT2D eigenvalue weighted by Gasteiger charge is 2.06. The molecule has 88 valence electrons. The second-order valence-corrected chi connectivity index (χ2v) is 3.82. The molecule has 1 aromatic rings. The molecule has 3 N–H and O–H groups in total. The lowest BCUT2D eigenvalue weighted by molar-refractivity contribution is -0.123. The lowest BCUT2D eigenvalue weighted by Crippen LogP contribution is -2.34. The number of rotatable bonds is 5. The fourth-order valence-corrected chi connectivity index (χ4v) is 1.32. The molecular weight excluding hydrogens is 204 g/mol. The Morgan fingerprint density at radius 2 is 2.12 bits per heavy atom. The third-order valence-electron chi connectivity index (χ3n) is 2.00. The van der Waals surface area contributed by atoms with Crippen molar-refractivity contribution in [1.82, 2.24) is 5.32 Å². The fourth-order valence-electron chi connectivity index (χ4n) is 1.32. The van der Waals surface area contributed by atoms with Gasteiger partial charge in [0.05, 0.1) is 0 Å². The van der Waals surface area contributed by atoms with Crippen molar-refractivity contribution in [2.24, 2.45) is 5.73 Å². The number of para-hydroxylation sites is 1. The summed E-state index contributed by atoms with van der Waals surface area (Å²) in [6.45, 7) is 4.24. The molecule has 0 saturated carbocycles. The van der Waals surface area contributed by atoms with Crippen molar-refractivity contribution in [1.29, 1.82) is 0 Å². The monoisotopic (exact) mass is 222 g/mol. The first kappa shape index (κ1) is 12.5. The van der Waals surface area contributed by atoms with Crippen molar-refractivity contribution in [3.63, 3.8) is 0 Å². The zero-order valence-corrected chi connectivity index (χ0v) is 9.69. The minimum absolute atomic E-state index is 0.0230. The van der Waals surface area contributed by atoms with Crippen LogP contribution in [-0.2, 0) is 11.3 Å². The van der Waals surface area contributed by atoms with Crippen LogP contribution < -0.4 is 15.8 Å². The van der Waals surface area contributed by atoms with E-state index in [1.807, 2.05) is 38.1 Å². The molecule has 0 aliphatic rings. The zero-order chi connectivity index (χ0) is 12.0. The van der Waals surface area contributed by atoms with Gasteiger partial charge in [0.15, 0.2) is 6.61 Å². The number of ether oxygens (including phenoxy) is 1. The standard InChI is InChI=1S/C12H18N2O2/c1-9(2)14-12(15)8-16-11-6-4-3-5-10(11)7-13/h3-6,9H,7-8,13H2,1-2H3,(H,14,15). The van der Waals surface area contributed by atoms with Crippen LogP contribution in [-0.4, -0.2) is 18.6 Å². The van der Waals surface area contributed by atoms with Gasteiger partial charge in [0.1, 0.15) is 5.75 Å². The Kier molecular flexibility index (Phi) is 4.79. The summed E-state index contributed by atoms with van der Waals surface area (Å²) in [4.78, 5) is 11.4. The average molecular weight is 222 g/mol. The van der Waals surface area contributed by atoms with Crippen molar-refractivity contribution < 1.29 is 9.53 Å². The van der Waals surface area contributed by atoms with Crippen molar-refractivity contribution in [2.45, 2.75) is 26.4 Å². The lowest BCUT2D eigenvalue weighted by Gasteiger charge is -2.11. The second kappa shape index (κ2) is 6.12. The Labute approximate surface area is 95.8 Å². The average Bonchev–Trinajstić information content (AvgIpc) is 2.26. The number of carbonyl (C=O) groups excluding carboxylic acids is 1. The Morgan fingerprint density at radius 3 is 2.75 bits per heavy atom. The molecule has 4 nitrogen and oxygen atoms in total. The van der Waals surface area contributed by atoms with E-state index in [2.05, 4.69) is 5.32 Å². The van der Waals surface area contributed by atoms with Gasteiger partial charge in [0.25, 0.3) is 5.91 Å². The van der Waals surface area contributed by atoms with E-state index in [0.29, 0.717) is 12.3 Å². The van der Waals surface area contributed by atoms with Crippen molar-refractivity contribution in [2.75, 3.05) is 6.61 Å². The van der Waals surface area contributed by atoms with Gasteiger partial charge in [-0.15, -0.1) is 0 Å². The normalized spacial score (nSPS) is 10.2. The molecule has 0 fully saturated rings. The SMILES string of the molecule is CC(C)NC(=O)COc1ccccc1CN. The molecule has 0 atom stereocenters. The summed E-state index contributed by atoms with van der Waals surface area (Å²) in [6.07, 6.45) is 0. The molecule has 4 heteroatoms. The highest BCUT2D eigenvalue weighted by molar-refractivity contribution is 5.77. The largest absolute Gasteiger partial charge is 0.483 e. The van der Waals surface area contributed by atoms with Crippen LogP contribution in [0.2, 0.25) is 0 Å². The first-order chi connectivity index (χ1) is 7.63. The van der Waals surface area contributed by atoms with Crippen LogP contribution >= 0.6 is 0 Å². The summed E-state index contributed by atoms with van der Waals surface area (Å²) < 4.78 is 5.40. The first-order valence-corrected chi connectivity index (χ1v) is 5.33. The molecule has 0 radical (unpaired) electrons. The lowest BCUT2D eigenvalue weighted by atomic mass is 10.2. The van der Waals surface area contributed by atoms with Gasteiger partial charge < -0.3 is 15.8 Å². The van der Waals surface area contributed by atoms with Gasteiger partial charge in [0, 0.05) is 18.2 Å². The number of nitrogens with two attached hydrogens (primary N) is 1.